The number of nitrogens with zero attached hydrogens (tertiary/aromatic N) is 2. The number of carboxylic acids is 2. The summed E-state index contributed by atoms with van der Waals surface area (Å²) < 4.78 is 0. The molecule has 1 atom stereocenters. The molecule has 0 saturated carbocycles. The lowest BCUT2D eigenvalue weighted by molar-refractivity contribution is -0.149. The predicted molar refractivity (Wildman–Crippen MR) is 70.3 cm³/mol. The molecular weight excluding hydrogens is 286 g/mol. The molecule has 1 amide bonds. The van der Waals surface area contributed by atoms with Crippen molar-refractivity contribution < 1.29 is 24.6 Å². The normalized spacial score (nSPS) is 11.9. The smallest absolute Gasteiger partial charge is 0.323 e. The van der Waals surface area contributed by atoms with E-state index >= 15 is 0 Å². The first-order chi connectivity index (χ1) is 9.29. The van der Waals surface area contributed by atoms with E-state index in [0.29, 0.717) is 10.7 Å². The van der Waals surface area contributed by atoms with Gasteiger partial charge in [-0.2, -0.15) is 0 Å². The van der Waals surface area contributed by atoms with Crippen LogP contribution in [0.25, 0.3) is 0 Å². The summed E-state index contributed by atoms with van der Waals surface area (Å²) in [5.41, 5.74) is 6.10. The lowest BCUT2D eigenvalue weighted by Gasteiger charge is -2.17. The van der Waals surface area contributed by atoms with Crippen LogP contribution < -0.4 is 5.73 Å². The van der Waals surface area contributed by atoms with Crippen LogP contribution in [0.4, 0.5) is 0 Å². The minimum Gasteiger partial charge on any atom is -0.480 e. The zero-order chi connectivity index (χ0) is 15.3. The minimum atomic E-state index is -1.27. The molecule has 0 bridgehead atoms. The van der Waals surface area contributed by atoms with E-state index in [1.54, 1.807) is 12.3 Å². The van der Waals surface area contributed by atoms with E-state index in [-0.39, 0.29) is 12.5 Å². The maximum atomic E-state index is 11.9. The van der Waals surface area contributed by atoms with Crippen molar-refractivity contribution in [3.8, 4) is 0 Å². The number of aromatic nitrogens is 1. The molecule has 9 heteroatoms. The highest BCUT2D eigenvalue weighted by molar-refractivity contribution is 7.09. The van der Waals surface area contributed by atoms with Gasteiger partial charge in [0.1, 0.15) is 18.1 Å². The summed E-state index contributed by atoms with van der Waals surface area (Å²) in [5.74, 6) is -3.14. The fourth-order valence-corrected chi connectivity index (χ4v) is 2.22. The van der Waals surface area contributed by atoms with E-state index in [1.165, 1.54) is 11.3 Å². The number of nitrogens with two attached hydrogens (primary N) is 1. The SMILES string of the molecule is CC(N)c1nc(CC(=O)N(CC(=O)O)CC(=O)O)cs1. The van der Waals surface area contributed by atoms with Crippen LogP contribution in [0.2, 0.25) is 0 Å². The average Bonchev–Trinajstić information content (AvgIpc) is 2.75. The second-order valence-electron chi connectivity index (χ2n) is 4.18. The first-order valence-corrected chi connectivity index (χ1v) is 6.58. The molecule has 1 rings (SSSR count). The molecule has 0 radical (unpaired) electrons. The first-order valence-electron chi connectivity index (χ1n) is 5.70. The molecule has 0 fully saturated rings. The van der Waals surface area contributed by atoms with Gasteiger partial charge in [0.25, 0.3) is 0 Å². The van der Waals surface area contributed by atoms with Gasteiger partial charge in [0.15, 0.2) is 0 Å². The molecule has 0 spiro atoms. The van der Waals surface area contributed by atoms with Gasteiger partial charge in [-0.15, -0.1) is 11.3 Å². The number of thiazole rings is 1. The van der Waals surface area contributed by atoms with E-state index in [4.69, 9.17) is 15.9 Å². The predicted octanol–water partition coefficient (Wildman–Crippen LogP) is -0.297. The summed E-state index contributed by atoms with van der Waals surface area (Å²) in [6.45, 7) is 0.441. The van der Waals surface area contributed by atoms with Crippen LogP contribution in [0.15, 0.2) is 5.38 Å². The second-order valence-corrected chi connectivity index (χ2v) is 5.07. The van der Waals surface area contributed by atoms with E-state index in [0.717, 1.165) is 4.90 Å². The topological polar surface area (TPSA) is 134 Å². The van der Waals surface area contributed by atoms with Crippen molar-refractivity contribution in [1.29, 1.82) is 0 Å². The van der Waals surface area contributed by atoms with Crippen molar-refractivity contribution in [2.45, 2.75) is 19.4 Å². The van der Waals surface area contributed by atoms with E-state index in [2.05, 4.69) is 4.98 Å². The van der Waals surface area contributed by atoms with Gasteiger partial charge in [-0.3, -0.25) is 14.4 Å². The highest BCUT2D eigenvalue weighted by Crippen LogP contribution is 2.16. The molecule has 0 aliphatic carbocycles. The zero-order valence-corrected chi connectivity index (χ0v) is 11.6. The Balaban J connectivity index is 2.73. The van der Waals surface area contributed by atoms with Crippen LogP contribution >= 0.6 is 11.3 Å². The molecule has 0 aliphatic heterocycles. The van der Waals surface area contributed by atoms with E-state index in [1.807, 2.05) is 0 Å². The Hall–Kier alpha value is -2.00. The quantitative estimate of drug-likeness (QED) is 0.629. The Labute approximate surface area is 118 Å². The van der Waals surface area contributed by atoms with Crippen LogP contribution in [0.5, 0.6) is 0 Å². The molecule has 20 heavy (non-hydrogen) atoms. The summed E-state index contributed by atoms with van der Waals surface area (Å²) in [6, 6.07) is -0.252. The maximum Gasteiger partial charge on any atom is 0.323 e. The molecule has 0 saturated heterocycles. The molecule has 0 aromatic carbocycles. The molecule has 8 nitrogen and oxygen atoms in total. The van der Waals surface area contributed by atoms with Crippen LogP contribution in [-0.2, 0) is 20.8 Å². The lowest BCUT2D eigenvalue weighted by atomic mass is 10.3. The number of hydrogen-bond donors (Lipinski definition) is 3. The minimum absolute atomic E-state index is 0.149. The second kappa shape index (κ2) is 6.96. The monoisotopic (exact) mass is 301 g/mol. The largest absolute Gasteiger partial charge is 0.480 e. The summed E-state index contributed by atoms with van der Waals surface area (Å²) in [5, 5.41) is 19.7. The van der Waals surface area contributed by atoms with Crippen molar-refractivity contribution >= 4 is 29.2 Å². The molecule has 1 aromatic heterocycles. The van der Waals surface area contributed by atoms with Gasteiger partial charge in [0, 0.05) is 5.38 Å². The number of carboxylic acid groups (broad SMARTS) is 2. The fourth-order valence-electron chi connectivity index (χ4n) is 1.44. The Morgan fingerprint density at radius 3 is 2.30 bits per heavy atom. The molecule has 1 aromatic rings. The van der Waals surface area contributed by atoms with Gasteiger partial charge in [0.05, 0.1) is 18.2 Å². The molecule has 110 valence electrons. The van der Waals surface area contributed by atoms with Crippen molar-refractivity contribution in [3.63, 3.8) is 0 Å². The van der Waals surface area contributed by atoms with Crippen LogP contribution in [-0.4, -0.2) is 51.0 Å². The van der Waals surface area contributed by atoms with Crippen molar-refractivity contribution in [2.24, 2.45) is 5.73 Å². The first kappa shape index (κ1) is 16.1. The number of carbonyl (C=O) groups excluding carboxylic acids is 1. The van der Waals surface area contributed by atoms with Crippen LogP contribution in [0.1, 0.15) is 23.7 Å². The van der Waals surface area contributed by atoms with Gasteiger partial charge < -0.3 is 20.8 Å². The number of aliphatic carboxylic acids is 2. The summed E-state index contributed by atoms with van der Waals surface area (Å²) in [7, 11) is 0. The van der Waals surface area contributed by atoms with Crippen LogP contribution in [0, 0.1) is 0 Å². The summed E-state index contributed by atoms with van der Waals surface area (Å²) >= 11 is 1.30. The summed E-state index contributed by atoms with van der Waals surface area (Å²) in [6.07, 6.45) is -0.149. The zero-order valence-electron chi connectivity index (χ0n) is 10.8. The fraction of sp³-hybridized carbons (Fsp3) is 0.455. The van der Waals surface area contributed by atoms with E-state index in [9.17, 15) is 14.4 Å². The van der Waals surface area contributed by atoms with Gasteiger partial charge in [0.2, 0.25) is 5.91 Å². The Bertz CT molecular complexity index is 498. The Kier molecular flexibility index (Phi) is 5.59. The van der Waals surface area contributed by atoms with Gasteiger partial charge >= 0.3 is 11.9 Å². The molecule has 0 aliphatic rings. The third kappa shape index (κ3) is 4.94. The third-order valence-electron chi connectivity index (χ3n) is 2.30. The Morgan fingerprint density at radius 2 is 1.90 bits per heavy atom. The Morgan fingerprint density at radius 1 is 1.35 bits per heavy atom. The number of rotatable bonds is 7. The van der Waals surface area contributed by atoms with Crippen molar-refractivity contribution in [2.75, 3.05) is 13.1 Å². The number of carbonyl (C=O) groups is 3. The van der Waals surface area contributed by atoms with Crippen molar-refractivity contribution in [1.82, 2.24) is 9.88 Å². The van der Waals surface area contributed by atoms with Gasteiger partial charge in [-0.1, -0.05) is 0 Å². The maximum absolute atomic E-state index is 11.9. The van der Waals surface area contributed by atoms with Crippen LogP contribution in [0.3, 0.4) is 0 Å². The molecular formula is C11H15N3O5S. The van der Waals surface area contributed by atoms with E-state index < -0.39 is 30.9 Å². The molecule has 4 N–H and O–H groups in total. The van der Waals surface area contributed by atoms with Gasteiger partial charge in [-0.25, -0.2) is 4.98 Å². The highest BCUT2D eigenvalue weighted by Gasteiger charge is 2.21. The number of amides is 1. The highest BCUT2D eigenvalue weighted by atomic mass is 32.1. The standard InChI is InChI=1S/C11H15N3O5S/c1-6(12)11-13-7(5-20-11)2-8(15)14(3-9(16)17)4-10(18)19/h5-6H,2-4,12H2,1H3,(H,16,17)(H,18,19). The average molecular weight is 301 g/mol. The van der Waals surface area contributed by atoms with Gasteiger partial charge in [-0.05, 0) is 6.92 Å². The van der Waals surface area contributed by atoms with Crippen molar-refractivity contribution in [3.05, 3.63) is 16.1 Å². The summed E-state index contributed by atoms with van der Waals surface area (Å²) in [4.78, 5) is 38.0. The molecule has 1 unspecified atom stereocenters. The number of hydrogen-bond acceptors (Lipinski definition) is 6. The third-order valence-corrected chi connectivity index (χ3v) is 3.39. The lowest BCUT2D eigenvalue weighted by Crippen LogP contribution is -2.40. The molecule has 1 heterocycles.